The molecule has 114 valence electrons. The van der Waals surface area contributed by atoms with Crippen molar-refractivity contribution in [1.29, 1.82) is 0 Å². The first kappa shape index (κ1) is 17.9. The molecule has 0 saturated carbocycles. The van der Waals surface area contributed by atoms with Crippen LogP contribution in [0.3, 0.4) is 0 Å². The molecule has 0 aliphatic rings. The number of esters is 4. The maximum atomic E-state index is 11.0. The van der Waals surface area contributed by atoms with Crippen LogP contribution in [0.1, 0.15) is 27.7 Å². The van der Waals surface area contributed by atoms with E-state index in [2.05, 4.69) is 0 Å². The van der Waals surface area contributed by atoms with Gasteiger partial charge in [0, 0.05) is 27.7 Å². The Morgan fingerprint density at radius 3 is 1.15 bits per heavy atom. The van der Waals surface area contributed by atoms with Crippen molar-refractivity contribution in [2.45, 2.75) is 39.9 Å². The summed E-state index contributed by atoms with van der Waals surface area (Å²) >= 11 is 0. The lowest BCUT2D eigenvalue weighted by Gasteiger charge is -2.25. The monoisotopic (exact) mass is 290 g/mol. The van der Waals surface area contributed by atoms with Crippen molar-refractivity contribution in [2.24, 2.45) is 0 Å². The molecule has 0 heterocycles. The maximum absolute atomic E-state index is 11.0. The van der Waals surface area contributed by atoms with Gasteiger partial charge in [-0.3, -0.25) is 19.2 Å². The summed E-state index contributed by atoms with van der Waals surface area (Å²) in [7, 11) is 0. The summed E-state index contributed by atoms with van der Waals surface area (Å²) in [5.74, 6) is -2.48. The number of rotatable bonds is 7. The molecule has 0 spiro atoms. The predicted molar refractivity (Wildman–Crippen MR) is 64.4 cm³/mol. The lowest BCUT2D eigenvalue weighted by molar-refractivity contribution is -0.179. The zero-order valence-electron chi connectivity index (χ0n) is 11.8. The Bertz CT molecular complexity index is 340. The summed E-state index contributed by atoms with van der Waals surface area (Å²) in [5, 5.41) is 0. The Balaban J connectivity index is 4.83. The molecule has 0 N–H and O–H groups in total. The summed E-state index contributed by atoms with van der Waals surface area (Å²) in [6.45, 7) is 4.03. The molecule has 0 aliphatic carbocycles. The first-order valence-corrected chi connectivity index (χ1v) is 5.83. The van der Waals surface area contributed by atoms with Gasteiger partial charge in [-0.2, -0.15) is 0 Å². The molecular formula is C12H18O8. The molecular weight excluding hydrogens is 272 g/mol. The second-order valence-corrected chi connectivity index (χ2v) is 3.90. The Morgan fingerprint density at radius 2 is 0.950 bits per heavy atom. The molecule has 20 heavy (non-hydrogen) atoms. The average molecular weight is 290 g/mol. The van der Waals surface area contributed by atoms with Crippen LogP contribution in [0, 0.1) is 0 Å². The van der Waals surface area contributed by atoms with Gasteiger partial charge in [-0.15, -0.1) is 0 Å². The van der Waals surface area contributed by atoms with E-state index < -0.39 is 36.1 Å². The Labute approximate surface area is 116 Å². The van der Waals surface area contributed by atoms with Gasteiger partial charge in [-0.05, 0) is 0 Å². The second-order valence-electron chi connectivity index (χ2n) is 3.90. The van der Waals surface area contributed by atoms with Crippen molar-refractivity contribution in [3.8, 4) is 0 Å². The maximum Gasteiger partial charge on any atom is 0.303 e. The molecule has 0 rings (SSSR count). The smallest absolute Gasteiger partial charge is 0.303 e. The van der Waals surface area contributed by atoms with Crippen LogP contribution in [0.2, 0.25) is 0 Å². The fourth-order valence-electron chi connectivity index (χ4n) is 1.26. The van der Waals surface area contributed by atoms with Gasteiger partial charge in [0.15, 0.2) is 12.2 Å². The fourth-order valence-corrected chi connectivity index (χ4v) is 1.26. The highest BCUT2D eigenvalue weighted by Crippen LogP contribution is 2.08. The molecule has 8 nitrogen and oxygen atoms in total. The van der Waals surface area contributed by atoms with E-state index in [1.807, 2.05) is 0 Å². The van der Waals surface area contributed by atoms with Crippen LogP contribution < -0.4 is 0 Å². The number of hydrogen-bond donors (Lipinski definition) is 0. The molecule has 0 bridgehead atoms. The Hall–Kier alpha value is -2.12. The van der Waals surface area contributed by atoms with E-state index in [1.54, 1.807) is 0 Å². The summed E-state index contributed by atoms with van der Waals surface area (Å²) in [6.07, 6.45) is -2.11. The van der Waals surface area contributed by atoms with E-state index in [1.165, 1.54) is 13.8 Å². The van der Waals surface area contributed by atoms with Crippen molar-refractivity contribution < 1.29 is 38.1 Å². The summed E-state index contributed by atoms with van der Waals surface area (Å²) < 4.78 is 19.3. The van der Waals surface area contributed by atoms with Crippen molar-refractivity contribution in [1.82, 2.24) is 0 Å². The van der Waals surface area contributed by atoms with E-state index >= 15 is 0 Å². The van der Waals surface area contributed by atoms with Gasteiger partial charge in [-0.1, -0.05) is 0 Å². The second kappa shape index (κ2) is 8.89. The Kier molecular flexibility index (Phi) is 7.95. The normalized spacial score (nSPS) is 12.8. The van der Waals surface area contributed by atoms with Crippen molar-refractivity contribution in [3.05, 3.63) is 0 Å². The molecule has 0 aliphatic heterocycles. The molecule has 0 fully saturated rings. The van der Waals surface area contributed by atoms with E-state index in [-0.39, 0.29) is 13.2 Å². The van der Waals surface area contributed by atoms with E-state index in [4.69, 9.17) is 18.9 Å². The molecule has 2 atom stereocenters. The highest BCUT2D eigenvalue weighted by molar-refractivity contribution is 5.68. The third kappa shape index (κ3) is 8.90. The summed E-state index contributed by atoms with van der Waals surface area (Å²) in [6, 6.07) is 0. The first-order chi connectivity index (χ1) is 9.22. The van der Waals surface area contributed by atoms with E-state index in [0.717, 1.165) is 13.8 Å². The largest absolute Gasteiger partial charge is 0.462 e. The number of carbonyl (C=O) groups excluding carboxylic acids is 4. The van der Waals surface area contributed by atoms with Gasteiger partial charge >= 0.3 is 23.9 Å². The van der Waals surface area contributed by atoms with Crippen molar-refractivity contribution in [2.75, 3.05) is 13.2 Å². The summed E-state index contributed by atoms with van der Waals surface area (Å²) in [4.78, 5) is 43.6. The number of ether oxygens (including phenoxy) is 4. The van der Waals surface area contributed by atoms with Crippen LogP contribution >= 0.6 is 0 Å². The van der Waals surface area contributed by atoms with Gasteiger partial charge in [0.1, 0.15) is 13.2 Å². The molecule has 8 heteroatoms. The average Bonchev–Trinajstić information content (AvgIpc) is 2.28. The lowest BCUT2D eigenvalue weighted by Crippen LogP contribution is -2.41. The van der Waals surface area contributed by atoms with Crippen LogP contribution in [-0.4, -0.2) is 49.3 Å². The predicted octanol–water partition coefficient (Wildman–Crippen LogP) is -0.0240. The zero-order valence-corrected chi connectivity index (χ0v) is 11.8. The summed E-state index contributed by atoms with van der Waals surface area (Å²) in [5.41, 5.74) is 0. The van der Waals surface area contributed by atoms with E-state index in [0.29, 0.717) is 0 Å². The fraction of sp³-hybridized carbons (Fsp3) is 0.667. The minimum absolute atomic E-state index is 0.311. The quantitative estimate of drug-likeness (QED) is 0.475. The molecule has 0 radical (unpaired) electrons. The van der Waals surface area contributed by atoms with Crippen LogP contribution in [0.25, 0.3) is 0 Å². The zero-order chi connectivity index (χ0) is 15.7. The minimum atomic E-state index is -1.06. The minimum Gasteiger partial charge on any atom is -0.462 e. The van der Waals surface area contributed by atoms with Crippen LogP contribution in [0.5, 0.6) is 0 Å². The molecule has 0 aromatic rings. The highest BCUT2D eigenvalue weighted by atomic mass is 16.6. The number of carbonyl (C=O) groups is 4. The molecule has 0 saturated heterocycles. The van der Waals surface area contributed by atoms with E-state index in [9.17, 15) is 19.2 Å². The van der Waals surface area contributed by atoms with Crippen molar-refractivity contribution in [3.63, 3.8) is 0 Å². The van der Waals surface area contributed by atoms with Crippen molar-refractivity contribution >= 4 is 23.9 Å². The van der Waals surface area contributed by atoms with Crippen LogP contribution in [0.4, 0.5) is 0 Å². The molecule has 0 aromatic heterocycles. The van der Waals surface area contributed by atoms with Crippen LogP contribution in [-0.2, 0) is 38.1 Å². The Morgan fingerprint density at radius 1 is 0.650 bits per heavy atom. The van der Waals surface area contributed by atoms with Gasteiger partial charge in [0.25, 0.3) is 0 Å². The van der Waals surface area contributed by atoms with Gasteiger partial charge in [-0.25, -0.2) is 0 Å². The SMILES string of the molecule is CC(=O)OCC(OC(C)=O)[C@H](COC(C)=O)OC(C)=O. The topological polar surface area (TPSA) is 105 Å². The standard InChI is InChI=1S/C12H18O8/c1-7(13)17-5-11(19-9(3)15)12(20-10(4)16)6-18-8(2)14/h11-12H,5-6H2,1-4H3/t11-,12?/m0/s1. The van der Waals surface area contributed by atoms with Gasteiger partial charge in [0.05, 0.1) is 0 Å². The third-order valence-corrected chi connectivity index (χ3v) is 1.95. The number of hydrogen-bond acceptors (Lipinski definition) is 8. The van der Waals surface area contributed by atoms with Gasteiger partial charge < -0.3 is 18.9 Å². The lowest BCUT2D eigenvalue weighted by atomic mass is 10.2. The van der Waals surface area contributed by atoms with Crippen LogP contribution in [0.15, 0.2) is 0 Å². The van der Waals surface area contributed by atoms with Gasteiger partial charge in [0.2, 0.25) is 0 Å². The molecule has 0 aromatic carbocycles. The first-order valence-electron chi connectivity index (χ1n) is 5.83. The molecule has 0 amide bonds. The molecule has 1 unspecified atom stereocenters. The highest BCUT2D eigenvalue weighted by Gasteiger charge is 2.29. The third-order valence-electron chi connectivity index (χ3n) is 1.95.